The second-order valence-electron chi connectivity index (χ2n) is 8.37. The minimum absolute atomic E-state index is 0.0113. The van der Waals surface area contributed by atoms with Crippen LogP contribution in [0.25, 0.3) is 11.1 Å². The molecule has 5 rings (SSSR count). The molecule has 0 aliphatic carbocycles. The van der Waals surface area contributed by atoms with Gasteiger partial charge >= 0.3 is 6.09 Å². The zero-order valence-electron chi connectivity index (χ0n) is 19.0. The maximum atomic E-state index is 15.0. The number of ether oxygens (including phenoxy) is 1. The number of allylic oxidation sites excluding steroid dienone is 1. The van der Waals surface area contributed by atoms with E-state index in [4.69, 9.17) is 4.74 Å². The molecule has 3 aromatic rings. The van der Waals surface area contributed by atoms with E-state index in [0.29, 0.717) is 38.2 Å². The number of hydrogen-bond acceptors (Lipinski definition) is 7. The highest BCUT2D eigenvalue weighted by molar-refractivity contribution is 5.96. The summed E-state index contributed by atoms with van der Waals surface area (Å²) < 4.78 is 50.3. The molecule has 1 aromatic carbocycles. The number of aromatic nitrogens is 4. The molecule has 0 bridgehead atoms. The van der Waals surface area contributed by atoms with Crippen LogP contribution < -0.4 is 10.2 Å². The van der Waals surface area contributed by atoms with Gasteiger partial charge in [-0.25, -0.2) is 18.0 Å². The molecule has 2 aliphatic heterocycles. The van der Waals surface area contributed by atoms with Crippen molar-refractivity contribution in [1.29, 1.82) is 0 Å². The number of anilines is 1. The molecule has 12 heteroatoms. The number of carbonyl (C=O) groups is 1. The van der Waals surface area contributed by atoms with E-state index in [2.05, 4.69) is 30.7 Å². The molecular formula is C24H22F3N7O2. The highest BCUT2D eigenvalue weighted by Gasteiger charge is 2.36. The topological polar surface area (TPSA) is 108 Å². The van der Waals surface area contributed by atoms with Gasteiger partial charge in [0.1, 0.15) is 11.9 Å². The van der Waals surface area contributed by atoms with Crippen molar-refractivity contribution in [3.8, 4) is 11.1 Å². The number of carbonyl (C=O) groups excluding carboxylic acids is 1. The van der Waals surface area contributed by atoms with Gasteiger partial charge in [0.15, 0.2) is 11.6 Å². The Morgan fingerprint density at radius 1 is 1.14 bits per heavy atom. The normalized spacial score (nSPS) is 17.1. The lowest BCUT2D eigenvalue weighted by Gasteiger charge is -2.17. The van der Waals surface area contributed by atoms with Gasteiger partial charge in [0.2, 0.25) is 0 Å². The van der Waals surface area contributed by atoms with E-state index in [9.17, 15) is 4.79 Å². The summed E-state index contributed by atoms with van der Waals surface area (Å²) in [4.78, 5) is 21.7. The number of cyclic esters (lactones) is 1. The molecule has 1 fully saturated rings. The lowest BCUT2D eigenvalue weighted by Crippen LogP contribution is -2.26. The van der Waals surface area contributed by atoms with Crippen LogP contribution >= 0.6 is 0 Å². The van der Waals surface area contributed by atoms with Crippen molar-refractivity contribution in [2.75, 3.05) is 18.0 Å². The van der Waals surface area contributed by atoms with Gasteiger partial charge in [0.05, 0.1) is 41.9 Å². The first-order valence-corrected chi connectivity index (χ1v) is 11.4. The first kappa shape index (κ1) is 23.7. The van der Waals surface area contributed by atoms with E-state index in [1.54, 1.807) is 12.3 Å². The summed E-state index contributed by atoms with van der Waals surface area (Å²) in [5, 5.41) is 13.3. The molecule has 36 heavy (non-hydrogen) atoms. The summed E-state index contributed by atoms with van der Waals surface area (Å²) in [6.07, 6.45) is 6.35. The van der Waals surface area contributed by atoms with Gasteiger partial charge in [-0.2, -0.15) is 15.4 Å². The number of hydrogen-bond donors (Lipinski definition) is 2. The Balaban J connectivity index is 1.27. The Bertz CT molecular complexity index is 1310. The van der Waals surface area contributed by atoms with E-state index >= 15 is 13.2 Å². The van der Waals surface area contributed by atoms with Crippen LogP contribution in [-0.2, 0) is 17.8 Å². The van der Waals surface area contributed by atoms with Crippen molar-refractivity contribution in [2.45, 2.75) is 32.0 Å². The van der Waals surface area contributed by atoms with E-state index in [1.807, 2.05) is 12.2 Å². The molecule has 1 saturated heterocycles. The standard InChI is InChI=1S/C24H22F3N7O2/c25-19-8-20(34-13-18(36-24(34)35)6-5-15-2-1-7-29-15)22(26)23(27)21(19)14-3-4-16(30-9-14)10-28-11-17-12-31-33-32-17/h1-4,8-9,12,18,28H,5-7,10-11,13H2,(H,31,32,33)/t18-/m0/s1. The number of nitrogens with one attached hydrogen (secondary N) is 2. The van der Waals surface area contributed by atoms with Crippen LogP contribution in [0, 0.1) is 17.5 Å². The van der Waals surface area contributed by atoms with Crippen molar-refractivity contribution < 1.29 is 22.7 Å². The molecule has 0 unspecified atom stereocenters. The van der Waals surface area contributed by atoms with Crippen molar-refractivity contribution in [3.05, 3.63) is 71.6 Å². The third-order valence-corrected chi connectivity index (χ3v) is 5.93. The quantitative estimate of drug-likeness (QED) is 0.437. The predicted molar refractivity (Wildman–Crippen MR) is 125 cm³/mol. The highest BCUT2D eigenvalue weighted by atomic mass is 19.2. The lowest BCUT2D eigenvalue weighted by atomic mass is 10.0. The van der Waals surface area contributed by atoms with Crippen molar-refractivity contribution in [3.63, 3.8) is 0 Å². The average Bonchev–Trinajstić information content (AvgIpc) is 3.64. The summed E-state index contributed by atoms with van der Waals surface area (Å²) in [5.41, 5.74) is 1.25. The Hall–Kier alpha value is -4.06. The van der Waals surface area contributed by atoms with Crippen LogP contribution in [0.3, 0.4) is 0 Å². The molecule has 1 amide bonds. The van der Waals surface area contributed by atoms with Crippen LogP contribution in [0.5, 0.6) is 0 Å². The summed E-state index contributed by atoms with van der Waals surface area (Å²) >= 11 is 0. The van der Waals surface area contributed by atoms with Crippen molar-refractivity contribution in [1.82, 2.24) is 25.7 Å². The van der Waals surface area contributed by atoms with Gasteiger partial charge in [-0.05, 0) is 25.0 Å². The molecule has 4 heterocycles. The largest absolute Gasteiger partial charge is 0.444 e. The summed E-state index contributed by atoms with van der Waals surface area (Å²) in [6, 6.07) is 3.86. The summed E-state index contributed by atoms with van der Waals surface area (Å²) in [6.45, 7) is 1.46. The van der Waals surface area contributed by atoms with Crippen LogP contribution in [0.4, 0.5) is 23.7 Å². The second kappa shape index (κ2) is 10.3. The van der Waals surface area contributed by atoms with Crippen LogP contribution in [0.15, 0.2) is 47.7 Å². The Labute approximate surface area is 204 Å². The molecule has 0 saturated carbocycles. The zero-order valence-corrected chi connectivity index (χ0v) is 19.0. The number of H-pyrrole nitrogens is 1. The van der Waals surface area contributed by atoms with Gasteiger partial charge in [-0.3, -0.25) is 14.9 Å². The third-order valence-electron chi connectivity index (χ3n) is 5.93. The second-order valence-corrected chi connectivity index (χ2v) is 8.37. The van der Waals surface area contributed by atoms with Gasteiger partial charge in [0, 0.05) is 36.6 Å². The molecule has 0 spiro atoms. The van der Waals surface area contributed by atoms with E-state index < -0.39 is 40.9 Å². The Morgan fingerprint density at radius 2 is 2.00 bits per heavy atom. The minimum Gasteiger partial charge on any atom is -0.444 e. The first-order chi connectivity index (χ1) is 17.5. The third kappa shape index (κ3) is 4.98. The van der Waals surface area contributed by atoms with Crippen molar-refractivity contribution in [2.24, 2.45) is 4.99 Å². The van der Waals surface area contributed by atoms with Gasteiger partial charge < -0.3 is 10.1 Å². The highest BCUT2D eigenvalue weighted by Crippen LogP contribution is 2.35. The number of aliphatic imine (C=N–C) groups is 1. The predicted octanol–water partition coefficient (Wildman–Crippen LogP) is 3.69. The molecule has 1 atom stereocenters. The Morgan fingerprint density at radius 3 is 2.72 bits per heavy atom. The number of aromatic amines is 1. The maximum absolute atomic E-state index is 15.0. The molecule has 0 radical (unpaired) electrons. The number of amides is 1. The van der Waals surface area contributed by atoms with Gasteiger partial charge in [-0.1, -0.05) is 12.1 Å². The Kier molecular flexibility index (Phi) is 6.76. The molecule has 2 aliphatic rings. The smallest absolute Gasteiger partial charge is 0.414 e. The first-order valence-electron chi connectivity index (χ1n) is 11.4. The molecule has 186 valence electrons. The van der Waals surface area contributed by atoms with E-state index in [0.717, 1.165) is 22.4 Å². The average molecular weight is 497 g/mol. The lowest BCUT2D eigenvalue weighted by molar-refractivity contribution is 0.138. The molecule has 9 nitrogen and oxygen atoms in total. The maximum Gasteiger partial charge on any atom is 0.414 e. The van der Waals surface area contributed by atoms with Crippen LogP contribution in [0.1, 0.15) is 24.2 Å². The fourth-order valence-corrected chi connectivity index (χ4v) is 4.10. The fraction of sp³-hybridized carbons (Fsp3) is 0.292. The molecular weight excluding hydrogens is 475 g/mol. The summed E-state index contributed by atoms with van der Waals surface area (Å²) in [5.74, 6) is -3.74. The number of rotatable bonds is 9. The zero-order chi connectivity index (χ0) is 25.1. The number of pyridine rings is 1. The molecule has 2 N–H and O–H groups in total. The number of benzene rings is 1. The van der Waals surface area contributed by atoms with Gasteiger partial charge in [-0.15, -0.1) is 0 Å². The molecule has 2 aromatic heterocycles. The van der Waals surface area contributed by atoms with E-state index in [-0.39, 0.29) is 12.1 Å². The van der Waals surface area contributed by atoms with E-state index in [1.165, 1.54) is 12.3 Å². The number of nitrogens with zero attached hydrogens (tertiary/aromatic N) is 5. The van der Waals surface area contributed by atoms with Gasteiger partial charge in [0.25, 0.3) is 0 Å². The van der Waals surface area contributed by atoms with Crippen LogP contribution in [0.2, 0.25) is 0 Å². The number of halogens is 3. The SMILES string of the molecule is O=C1O[C@@H](CCC2=NCC=C2)CN1c1cc(F)c(-c2ccc(CNCc3cn[nH]n3)nc2)c(F)c1F. The van der Waals surface area contributed by atoms with Crippen molar-refractivity contribution >= 4 is 17.5 Å². The van der Waals surface area contributed by atoms with Crippen LogP contribution in [-0.4, -0.2) is 51.4 Å². The minimum atomic E-state index is -1.40. The fourth-order valence-electron chi connectivity index (χ4n) is 4.10. The monoisotopic (exact) mass is 497 g/mol. The summed E-state index contributed by atoms with van der Waals surface area (Å²) in [7, 11) is 0.